The average molecular weight is 372 g/mol. The Kier molecular flexibility index (Phi) is 4.98. The highest BCUT2D eigenvalue weighted by Crippen LogP contribution is 2.28. The number of aromatic nitrogens is 2. The van der Waals surface area contributed by atoms with E-state index in [0.717, 1.165) is 53.3 Å². The highest BCUT2D eigenvalue weighted by molar-refractivity contribution is 7.11. The van der Waals surface area contributed by atoms with Gasteiger partial charge in [0.25, 0.3) is 0 Å². The molecule has 1 fully saturated rings. The molecule has 6 heteroatoms. The number of aliphatic hydroxyl groups is 1. The molecule has 0 spiro atoms. The third-order valence-corrected chi connectivity index (χ3v) is 5.82. The Morgan fingerprint density at radius 1 is 1.35 bits per heavy atom. The fraction of sp³-hybridized carbons (Fsp3) is 0.450. The molecule has 3 atom stereocenters. The Balaban J connectivity index is 1.45. The first-order valence-electron chi connectivity index (χ1n) is 9.19. The van der Waals surface area contributed by atoms with Crippen LogP contribution >= 0.6 is 11.3 Å². The number of aryl methyl sites for hydroxylation is 2. The molecule has 0 saturated heterocycles. The SMILES string of the molecule is Cc1cc(C)n2ccc(C(O)NC3CCCC(Oc4cccs4)C3)c2n1. The molecule has 4 rings (SSSR count). The van der Waals surface area contributed by atoms with E-state index in [-0.39, 0.29) is 12.1 Å². The first kappa shape index (κ1) is 17.5. The van der Waals surface area contributed by atoms with Crippen LogP contribution in [0, 0.1) is 13.8 Å². The fourth-order valence-electron chi connectivity index (χ4n) is 3.84. The number of aliphatic hydroxyl groups excluding tert-OH is 1. The highest BCUT2D eigenvalue weighted by Gasteiger charge is 2.26. The van der Waals surface area contributed by atoms with Crippen molar-refractivity contribution in [3.8, 4) is 5.06 Å². The van der Waals surface area contributed by atoms with Crippen molar-refractivity contribution in [2.45, 2.75) is 57.9 Å². The summed E-state index contributed by atoms with van der Waals surface area (Å²) in [7, 11) is 0. The Morgan fingerprint density at radius 2 is 2.23 bits per heavy atom. The minimum absolute atomic E-state index is 0.209. The van der Waals surface area contributed by atoms with E-state index in [4.69, 9.17) is 4.74 Å². The second-order valence-electron chi connectivity index (χ2n) is 7.11. The van der Waals surface area contributed by atoms with Crippen LogP contribution in [0.3, 0.4) is 0 Å². The summed E-state index contributed by atoms with van der Waals surface area (Å²) < 4.78 is 8.10. The van der Waals surface area contributed by atoms with Crippen LogP contribution in [-0.2, 0) is 0 Å². The lowest BCUT2D eigenvalue weighted by Crippen LogP contribution is -2.40. The first-order valence-corrected chi connectivity index (χ1v) is 10.1. The molecule has 0 amide bonds. The zero-order valence-electron chi connectivity index (χ0n) is 15.2. The third kappa shape index (κ3) is 3.63. The summed E-state index contributed by atoms with van der Waals surface area (Å²) in [5.74, 6) is 0. The van der Waals surface area contributed by atoms with E-state index in [0.29, 0.717) is 0 Å². The van der Waals surface area contributed by atoms with Gasteiger partial charge in [-0.25, -0.2) is 4.98 Å². The molecular weight excluding hydrogens is 346 g/mol. The molecule has 0 radical (unpaired) electrons. The topological polar surface area (TPSA) is 58.8 Å². The summed E-state index contributed by atoms with van der Waals surface area (Å²) in [6, 6.07) is 8.26. The van der Waals surface area contributed by atoms with Gasteiger partial charge in [0.1, 0.15) is 18.0 Å². The summed E-state index contributed by atoms with van der Waals surface area (Å²) in [4.78, 5) is 4.62. The lowest BCUT2D eigenvalue weighted by Gasteiger charge is -2.31. The molecule has 26 heavy (non-hydrogen) atoms. The third-order valence-electron chi connectivity index (χ3n) is 5.06. The number of hydrogen-bond donors (Lipinski definition) is 2. The summed E-state index contributed by atoms with van der Waals surface area (Å²) >= 11 is 1.63. The van der Waals surface area contributed by atoms with Gasteiger partial charge in [-0.3, -0.25) is 5.32 Å². The van der Waals surface area contributed by atoms with Gasteiger partial charge < -0.3 is 14.2 Å². The van der Waals surface area contributed by atoms with Gasteiger partial charge in [0.05, 0.1) is 0 Å². The quantitative estimate of drug-likeness (QED) is 0.666. The lowest BCUT2D eigenvalue weighted by molar-refractivity contribution is 0.0842. The second kappa shape index (κ2) is 7.39. The molecule has 1 aliphatic rings. The van der Waals surface area contributed by atoms with E-state index in [1.165, 1.54) is 0 Å². The van der Waals surface area contributed by atoms with Crippen LogP contribution in [0.1, 0.15) is 48.9 Å². The van der Waals surface area contributed by atoms with Crippen molar-refractivity contribution in [1.29, 1.82) is 0 Å². The van der Waals surface area contributed by atoms with Gasteiger partial charge in [-0.15, -0.1) is 11.3 Å². The molecule has 0 bridgehead atoms. The fourth-order valence-corrected chi connectivity index (χ4v) is 4.48. The first-order chi connectivity index (χ1) is 12.6. The van der Waals surface area contributed by atoms with Crippen LogP contribution in [0.4, 0.5) is 0 Å². The van der Waals surface area contributed by atoms with Crippen molar-refractivity contribution in [2.24, 2.45) is 0 Å². The van der Waals surface area contributed by atoms with Gasteiger partial charge in [0.15, 0.2) is 5.06 Å². The standard InChI is InChI=1S/C20H25N3O2S/c1-13-11-14(2)23-9-8-17(19(23)21-13)20(24)22-15-5-3-6-16(12-15)25-18-7-4-10-26-18/h4,7-11,15-16,20,22,24H,3,5-6,12H2,1-2H3. The van der Waals surface area contributed by atoms with Gasteiger partial charge in [-0.1, -0.05) is 0 Å². The van der Waals surface area contributed by atoms with Crippen LogP contribution in [0.2, 0.25) is 0 Å². The lowest BCUT2D eigenvalue weighted by atomic mass is 9.92. The van der Waals surface area contributed by atoms with Crippen molar-refractivity contribution in [3.05, 3.63) is 52.8 Å². The van der Waals surface area contributed by atoms with Crippen molar-refractivity contribution in [2.75, 3.05) is 0 Å². The molecule has 3 heterocycles. The molecule has 0 aromatic carbocycles. The zero-order valence-corrected chi connectivity index (χ0v) is 16.0. The van der Waals surface area contributed by atoms with Gasteiger partial charge in [0.2, 0.25) is 0 Å². The van der Waals surface area contributed by atoms with Crippen LogP contribution < -0.4 is 10.1 Å². The maximum Gasteiger partial charge on any atom is 0.174 e. The molecular formula is C20H25N3O2S. The van der Waals surface area contributed by atoms with Crippen molar-refractivity contribution in [3.63, 3.8) is 0 Å². The molecule has 0 aliphatic heterocycles. The molecule has 3 aromatic rings. The molecule has 1 aliphatic carbocycles. The predicted octanol–water partition coefficient (Wildman–Crippen LogP) is 3.98. The Morgan fingerprint density at radius 3 is 3.04 bits per heavy atom. The van der Waals surface area contributed by atoms with E-state index in [2.05, 4.69) is 17.2 Å². The zero-order chi connectivity index (χ0) is 18.1. The van der Waals surface area contributed by atoms with E-state index in [1.54, 1.807) is 11.3 Å². The summed E-state index contributed by atoms with van der Waals surface area (Å²) in [5, 5.41) is 17.2. The number of nitrogens with zero attached hydrogens (tertiary/aromatic N) is 2. The minimum Gasteiger partial charge on any atom is -0.481 e. The maximum atomic E-state index is 10.8. The van der Waals surface area contributed by atoms with Crippen LogP contribution in [0.5, 0.6) is 5.06 Å². The van der Waals surface area contributed by atoms with Gasteiger partial charge in [0, 0.05) is 29.2 Å². The monoisotopic (exact) mass is 371 g/mol. The largest absolute Gasteiger partial charge is 0.481 e. The number of thiophene rings is 1. The normalized spacial score (nSPS) is 21.8. The molecule has 3 unspecified atom stereocenters. The van der Waals surface area contributed by atoms with E-state index < -0.39 is 6.23 Å². The molecule has 3 aromatic heterocycles. The number of hydrogen-bond acceptors (Lipinski definition) is 5. The average Bonchev–Trinajstić information content (AvgIpc) is 3.24. The molecule has 138 valence electrons. The van der Waals surface area contributed by atoms with Crippen LogP contribution in [-0.4, -0.2) is 26.6 Å². The summed E-state index contributed by atoms with van der Waals surface area (Å²) in [5.41, 5.74) is 3.74. The van der Waals surface area contributed by atoms with Crippen molar-refractivity contribution >= 4 is 17.0 Å². The van der Waals surface area contributed by atoms with E-state index in [1.807, 2.05) is 47.2 Å². The molecule has 1 saturated carbocycles. The smallest absolute Gasteiger partial charge is 0.174 e. The maximum absolute atomic E-state index is 10.8. The van der Waals surface area contributed by atoms with E-state index >= 15 is 0 Å². The summed E-state index contributed by atoms with van der Waals surface area (Å²) in [6.45, 7) is 4.04. The summed E-state index contributed by atoms with van der Waals surface area (Å²) in [6.07, 6.45) is 5.60. The highest BCUT2D eigenvalue weighted by atomic mass is 32.1. The Bertz CT molecular complexity index is 875. The van der Waals surface area contributed by atoms with Crippen molar-refractivity contribution < 1.29 is 9.84 Å². The molecule has 5 nitrogen and oxygen atoms in total. The van der Waals surface area contributed by atoms with Crippen LogP contribution in [0.25, 0.3) is 5.65 Å². The minimum atomic E-state index is -0.723. The number of fused-ring (bicyclic) bond motifs is 1. The predicted molar refractivity (Wildman–Crippen MR) is 104 cm³/mol. The Hall–Kier alpha value is -1.89. The van der Waals surface area contributed by atoms with E-state index in [9.17, 15) is 5.11 Å². The molecule has 2 N–H and O–H groups in total. The number of rotatable bonds is 5. The second-order valence-corrected chi connectivity index (χ2v) is 8.02. The van der Waals surface area contributed by atoms with Gasteiger partial charge >= 0.3 is 0 Å². The van der Waals surface area contributed by atoms with Gasteiger partial charge in [-0.2, -0.15) is 0 Å². The number of nitrogens with one attached hydrogen (secondary N) is 1. The van der Waals surface area contributed by atoms with Gasteiger partial charge in [-0.05, 0) is 69.2 Å². The number of ether oxygens (including phenoxy) is 1. The van der Waals surface area contributed by atoms with Crippen LogP contribution in [0.15, 0.2) is 35.8 Å². The van der Waals surface area contributed by atoms with Crippen molar-refractivity contribution in [1.82, 2.24) is 14.7 Å². The Labute approximate surface area is 157 Å².